The summed E-state index contributed by atoms with van der Waals surface area (Å²) in [5.74, 6) is 1.25. The van der Waals surface area contributed by atoms with Gasteiger partial charge in [0.05, 0.1) is 18.7 Å². The molecule has 26 heavy (non-hydrogen) atoms. The van der Waals surface area contributed by atoms with Gasteiger partial charge in [0.25, 0.3) is 5.91 Å². The number of methoxy groups -OCH3 is 1. The van der Waals surface area contributed by atoms with Gasteiger partial charge in [0.15, 0.2) is 11.5 Å². The van der Waals surface area contributed by atoms with Gasteiger partial charge in [0.2, 0.25) is 0 Å². The number of rotatable bonds is 6. The number of ether oxygens (including phenoxy) is 2. The highest BCUT2D eigenvalue weighted by atomic mass is 35.5. The number of hydrogen-bond acceptors (Lipinski definition) is 4. The molecule has 2 N–H and O–H groups in total. The number of amides is 1. The van der Waals surface area contributed by atoms with Crippen LogP contribution in [0, 0.1) is 5.92 Å². The van der Waals surface area contributed by atoms with E-state index < -0.39 is 0 Å². The molecule has 2 saturated heterocycles. The smallest absolute Gasteiger partial charge is 0.251 e. The van der Waals surface area contributed by atoms with Gasteiger partial charge in [-0.05, 0) is 43.7 Å². The molecule has 0 aliphatic carbocycles. The van der Waals surface area contributed by atoms with Crippen LogP contribution in [-0.4, -0.2) is 37.7 Å². The summed E-state index contributed by atoms with van der Waals surface area (Å²) < 4.78 is 11.1. The van der Waals surface area contributed by atoms with Crippen molar-refractivity contribution in [2.45, 2.75) is 57.7 Å². The van der Waals surface area contributed by atoms with Crippen LogP contribution >= 0.6 is 24.0 Å². The second kappa shape index (κ2) is 9.16. The number of piperidine rings is 1. The topological polar surface area (TPSA) is 59.6 Å². The van der Waals surface area contributed by atoms with Crippen LogP contribution in [0.5, 0.6) is 11.5 Å². The maximum atomic E-state index is 12.7. The van der Waals surface area contributed by atoms with Gasteiger partial charge in [-0.15, -0.1) is 12.4 Å². The molecule has 0 radical (unpaired) electrons. The Labute approximate surface area is 166 Å². The Morgan fingerprint density at radius 2 is 1.96 bits per heavy atom. The van der Waals surface area contributed by atoms with Crippen LogP contribution in [0.4, 0.5) is 0 Å². The highest BCUT2D eigenvalue weighted by Gasteiger charge is 2.34. The predicted octanol–water partition coefficient (Wildman–Crippen LogP) is 3.82. The minimum absolute atomic E-state index is 0. The first kappa shape index (κ1) is 21.1. The first-order chi connectivity index (χ1) is 12.0. The molecule has 1 amide bonds. The van der Waals surface area contributed by atoms with Crippen molar-refractivity contribution in [3.63, 3.8) is 0 Å². The van der Waals surface area contributed by atoms with E-state index in [4.69, 9.17) is 21.1 Å². The molecule has 2 heterocycles. The number of carbonyl (C=O) groups excluding carboxylic acids is 1. The zero-order chi connectivity index (χ0) is 18.0. The third-order valence-electron chi connectivity index (χ3n) is 4.86. The molecule has 5 nitrogen and oxygen atoms in total. The van der Waals surface area contributed by atoms with Crippen molar-refractivity contribution in [2.75, 3.05) is 13.7 Å². The second-order valence-corrected chi connectivity index (χ2v) is 7.88. The van der Waals surface area contributed by atoms with Gasteiger partial charge in [0, 0.05) is 23.7 Å². The van der Waals surface area contributed by atoms with E-state index in [9.17, 15) is 4.79 Å². The van der Waals surface area contributed by atoms with Crippen molar-refractivity contribution in [1.29, 1.82) is 0 Å². The Morgan fingerprint density at radius 3 is 2.54 bits per heavy atom. The lowest BCUT2D eigenvalue weighted by atomic mass is 9.99. The number of fused-ring (bicyclic) bond motifs is 2. The molecule has 0 saturated carbocycles. The van der Waals surface area contributed by atoms with Gasteiger partial charge in [-0.25, -0.2) is 0 Å². The van der Waals surface area contributed by atoms with Gasteiger partial charge < -0.3 is 20.1 Å². The molecule has 2 atom stereocenters. The first-order valence-corrected chi connectivity index (χ1v) is 9.41. The Hall–Kier alpha value is -1.17. The molecule has 2 aliphatic rings. The van der Waals surface area contributed by atoms with Crippen molar-refractivity contribution >= 4 is 29.9 Å². The lowest BCUT2D eigenvalue weighted by Crippen LogP contribution is -2.48. The van der Waals surface area contributed by atoms with E-state index in [1.807, 2.05) is 0 Å². The fourth-order valence-corrected chi connectivity index (χ4v) is 3.95. The molecule has 2 fully saturated rings. The Balaban J connectivity index is 0.00000243. The van der Waals surface area contributed by atoms with Gasteiger partial charge in [-0.2, -0.15) is 0 Å². The standard InChI is InChI=1S/C19H27ClN2O3.ClH/c1-11(2)10-25-18-16(20)6-12(7-17(18)24-3)19(23)22-15-8-13-4-5-14(9-15)21-13;/h6-7,11,13-15,21H,4-5,8-10H2,1-3H3,(H,22,23);1H. The van der Waals surface area contributed by atoms with Crippen LogP contribution in [0.2, 0.25) is 5.02 Å². The Bertz CT molecular complexity index is 627. The normalized spacial score (nSPS) is 24.1. The van der Waals surface area contributed by atoms with Crippen LogP contribution < -0.4 is 20.1 Å². The molecule has 0 aromatic heterocycles. The summed E-state index contributed by atoms with van der Waals surface area (Å²) in [5.41, 5.74) is 0.504. The average molecular weight is 403 g/mol. The molecule has 2 bridgehead atoms. The molecular weight excluding hydrogens is 375 g/mol. The highest BCUT2D eigenvalue weighted by molar-refractivity contribution is 6.32. The Morgan fingerprint density at radius 1 is 1.31 bits per heavy atom. The molecule has 2 aliphatic heterocycles. The number of nitrogens with one attached hydrogen (secondary N) is 2. The molecule has 1 aromatic rings. The lowest BCUT2D eigenvalue weighted by molar-refractivity contribution is 0.0923. The molecular formula is C19H28Cl2N2O3. The lowest BCUT2D eigenvalue weighted by Gasteiger charge is -2.29. The quantitative estimate of drug-likeness (QED) is 0.758. The summed E-state index contributed by atoms with van der Waals surface area (Å²) in [4.78, 5) is 12.7. The van der Waals surface area contributed by atoms with E-state index in [-0.39, 0.29) is 24.4 Å². The number of hydrogen-bond donors (Lipinski definition) is 2. The molecule has 2 unspecified atom stereocenters. The second-order valence-electron chi connectivity index (χ2n) is 7.47. The van der Waals surface area contributed by atoms with E-state index in [1.54, 1.807) is 19.2 Å². The minimum atomic E-state index is -0.109. The van der Waals surface area contributed by atoms with Crippen LogP contribution in [0.3, 0.4) is 0 Å². The third kappa shape index (κ3) is 4.96. The van der Waals surface area contributed by atoms with E-state index >= 15 is 0 Å². The summed E-state index contributed by atoms with van der Waals surface area (Å²) in [5, 5.41) is 7.13. The third-order valence-corrected chi connectivity index (χ3v) is 5.14. The largest absolute Gasteiger partial charge is 0.493 e. The summed E-state index contributed by atoms with van der Waals surface area (Å²) in [6.45, 7) is 4.67. The monoisotopic (exact) mass is 402 g/mol. The van der Waals surface area contributed by atoms with E-state index in [0.29, 0.717) is 46.7 Å². The maximum Gasteiger partial charge on any atom is 0.251 e. The van der Waals surface area contributed by atoms with Crippen LogP contribution in [0.15, 0.2) is 12.1 Å². The highest BCUT2D eigenvalue weighted by Crippen LogP contribution is 2.37. The van der Waals surface area contributed by atoms with Crippen molar-refractivity contribution in [3.8, 4) is 11.5 Å². The van der Waals surface area contributed by atoms with Crippen LogP contribution in [0.1, 0.15) is 49.9 Å². The molecule has 1 aromatic carbocycles. The molecule has 7 heteroatoms. The minimum Gasteiger partial charge on any atom is -0.493 e. The summed E-state index contributed by atoms with van der Waals surface area (Å²) >= 11 is 6.34. The Kier molecular flexibility index (Phi) is 7.44. The van der Waals surface area contributed by atoms with Gasteiger partial charge in [-0.3, -0.25) is 4.79 Å². The van der Waals surface area contributed by atoms with Gasteiger partial charge in [-0.1, -0.05) is 25.4 Å². The fraction of sp³-hybridized carbons (Fsp3) is 0.632. The predicted molar refractivity (Wildman–Crippen MR) is 106 cm³/mol. The summed E-state index contributed by atoms with van der Waals surface area (Å²) in [6.07, 6.45) is 4.39. The average Bonchev–Trinajstić information content (AvgIpc) is 2.91. The van der Waals surface area contributed by atoms with Crippen molar-refractivity contribution in [1.82, 2.24) is 10.6 Å². The van der Waals surface area contributed by atoms with E-state index in [0.717, 1.165) is 12.8 Å². The van der Waals surface area contributed by atoms with Crippen LogP contribution in [0.25, 0.3) is 0 Å². The van der Waals surface area contributed by atoms with E-state index in [2.05, 4.69) is 24.5 Å². The van der Waals surface area contributed by atoms with Crippen molar-refractivity contribution in [3.05, 3.63) is 22.7 Å². The summed E-state index contributed by atoms with van der Waals surface area (Å²) in [6, 6.07) is 4.65. The fourth-order valence-electron chi connectivity index (χ4n) is 3.68. The molecule has 0 spiro atoms. The maximum absolute atomic E-state index is 12.7. The van der Waals surface area contributed by atoms with Crippen molar-refractivity contribution in [2.24, 2.45) is 5.92 Å². The summed E-state index contributed by atoms with van der Waals surface area (Å²) in [7, 11) is 1.56. The number of benzene rings is 1. The van der Waals surface area contributed by atoms with Gasteiger partial charge in [0.1, 0.15) is 0 Å². The number of halogens is 2. The zero-order valence-electron chi connectivity index (χ0n) is 15.5. The molecule has 3 rings (SSSR count). The van der Waals surface area contributed by atoms with E-state index in [1.165, 1.54) is 12.8 Å². The molecule has 146 valence electrons. The van der Waals surface area contributed by atoms with Crippen LogP contribution in [-0.2, 0) is 0 Å². The SMILES string of the molecule is COc1cc(C(=O)NC2CC3CCC(C2)N3)cc(Cl)c1OCC(C)C.Cl. The first-order valence-electron chi connectivity index (χ1n) is 9.03. The number of carbonyl (C=O) groups is 1. The van der Waals surface area contributed by atoms with Gasteiger partial charge >= 0.3 is 0 Å². The zero-order valence-corrected chi connectivity index (χ0v) is 17.1. The van der Waals surface area contributed by atoms with Crippen molar-refractivity contribution < 1.29 is 14.3 Å².